The van der Waals surface area contributed by atoms with Gasteiger partial charge in [0, 0.05) is 17.5 Å². The smallest absolute Gasteiger partial charge is 0.331 e. The Kier molecular flexibility index (Phi) is 8.48. The topological polar surface area (TPSA) is 44.1 Å². The number of aromatic nitrogens is 2. The van der Waals surface area contributed by atoms with Gasteiger partial charge in [0.25, 0.3) is 0 Å². The molecule has 0 bridgehead atoms. The Hall–Kier alpha value is -2.85. The second-order valence-corrected chi connectivity index (χ2v) is 7.83. The molecule has 0 saturated carbocycles. The van der Waals surface area contributed by atoms with Crippen molar-refractivity contribution in [2.45, 2.75) is 46.1 Å². The standard InChI is InChI=1S/C26H29ClN2O2/c1-3-5-15-25-28-18-24(29(25)19-21-13-9-10-14-23(21)27)22(17-26(30)31-4-2)16-20-11-7-6-8-12-20/h6-14,17-18H,3-5,15-16,19H2,1-2H3/b22-17+. The minimum absolute atomic E-state index is 0.339. The van der Waals surface area contributed by atoms with E-state index >= 15 is 0 Å². The lowest BCUT2D eigenvalue weighted by Gasteiger charge is -2.16. The number of hydrogen-bond acceptors (Lipinski definition) is 3. The number of nitrogens with zero attached hydrogens (tertiary/aromatic N) is 2. The first-order valence-corrected chi connectivity index (χ1v) is 11.2. The Balaban J connectivity index is 2.05. The van der Waals surface area contributed by atoms with Crippen LogP contribution in [0.15, 0.2) is 66.9 Å². The van der Waals surface area contributed by atoms with Gasteiger partial charge >= 0.3 is 5.97 Å². The molecule has 162 valence electrons. The van der Waals surface area contributed by atoms with Gasteiger partial charge in [-0.05, 0) is 42.5 Å². The minimum atomic E-state index is -0.339. The molecule has 0 saturated heterocycles. The molecule has 31 heavy (non-hydrogen) atoms. The average molecular weight is 437 g/mol. The van der Waals surface area contributed by atoms with E-state index in [1.807, 2.05) is 55.6 Å². The average Bonchev–Trinajstić information content (AvgIpc) is 3.16. The maximum absolute atomic E-state index is 12.4. The second-order valence-electron chi connectivity index (χ2n) is 7.42. The molecule has 5 heteroatoms. The van der Waals surface area contributed by atoms with Gasteiger partial charge in [-0.2, -0.15) is 0 Å². The second kappa shape index (κ2) is 11.5. The van der Waals surface area contributed by atoms with Crippen LogP contribution in [0.3, 0.4) is 0 Å². The highest BCUT2D eigenvalue weighted by atomic mass is 35.5. The number of aryl methyl sites for hydroxylation is 1. The van der Waals surface area contributed by atoms with Gasteiger partial charge in [0.05, 0.1) is 25.0 Å². The number of allylic oxidation sites excluding steroid dienone is 1. The van der Waals surface area contributed by atoms with Gasteiger partial charge in [-0.1, -0.05) is 73.5 Å². The third-order valence-corrected chi connectivity index (χ3v) is 5.49. The van der Waals surface area contributed by atoms with Crippen molar-refractivity contribution in [2.24, 2.45) is 0 Å². The van der Waals surface area contributed by atoms with E-state index in [0.29, 0.717) is 19.6 Å². The molecule has 0 atom stereocenters. The van der Waals surface area contributed by atoms with Gasteiger partial charge < -0.3 is 9.30 Å². The van der Waals surface area contributed by atoms with E-state index in [2.05, 4.69) is 23.6 Å². The molecule has 3 rings (SSSR count). The van der Waals surface area contributed by atoms with Gasteiger partial charge in [0.15, 0.2) is 0 Å². The Bertz CT molecular complexity index is 1020. The molecular weight excluding hydrogens is 408 g/mol. The van der Waals surface area contributed by atoms with E-state index in [-0.39, 0.29) is 5.97 Å². The summed E-state index contributed by atoms with van der Waals surface area (Å²) >= 11 is 6.46. The number of rotatable bonds is 10. The molecule has 3 aromatic rings. The van der Waals surface area contributed by atoms with E-state index in [9.17, 15) is 4.79 Å². The fraction of sp³-hybridized carbons (Fsp3) is 0.308. The number of imidazole rings is 1. The summed E-state index contributed by atoms with van der Waals surface area (Å²) in [6.07, 6.45) is 7.09. The first-order valence-electron chi connectivity index (χ1n) is 10.8. The quantitative estimate of drug-likeness (QED) is 0.284. The normalized spacial score (nSPS) is 11.5. The highest BCUT2D eigenvalue weighted by Gasteiger charge is 2.17. The van der Waals surface area contributed by atoms with Crippen LogP contribution in [0.1, 0.15) is 49.3 Å². The number of hydrogen-bond donors (Lipinski definition) is 0. The Morgan fingerprint density at radius 3 is 2.55 bits per heavy atom. The molecule has 0 aliphatic carbocycles. The Morgan fingerprint density at radius 2 is 1.84 bits per heavy atom. The Labute approximate surface area is 189 Å². The highest BCUT2D eigenvalue weighted by Crippen LogP contribution is 2.25. The van der Waals surface area contributed by atoms with E-state index in [0.717, 1.165) is 52.5 Å². The lowest BCUT2D eigenvalue weighted by Crippen LogP contribution is -2.11. The van der Waals surface area contributed by atoms with Crippen LogP contribution in [-0.2, 0) is 28.9 Å². The van der Waals surface area contributed by atoms with E-state index < -0.39 is 0 Å². The largest absolute Gasteiger partial charge is 0.463 e. The SMILES string of the molecule is CCCCc1ncc(/C(=C/C(=O)OCC)Cc2ccccc2)n1Cc1ccccc1Cl. The first kappa shape index (κ1) is 22.8. The van der Waals surface area contributed by atoms with Gasteiger partial charge in [-0.3, -0.25) is 0 Å². The number of halogens is 1. The maximum Gasteiger partial charge on any atom is 0.331 e. The minimum Gasteiger partial charge on any atom is -0.463 e. The fourth-order valence-corrected chi connectivity index (χ4v) is 3.73. The summed E-state index contributed by atoms with van der Waals surface area (Å²) in [5.74, 6) is 0.661. The molecule has 0 spiro atoms. The molecule has 1 heterocycles. The van der Waals surface area contributed by atoms with Crippen molar-refractivity contribution in [2.75, 3.05) is 6.61 Å². The zero-order valence-corrected chi connectivity index (χ0v) is 18.9. The molecule has 0 amide bonds. The van der Waals surface area contributed by atoms with Crippen LogP contribution in [0.25, 0.3) is 5.57 Å². The van der Waals surface area contributed by atoms with Gasteiger partial charge in [0.1, 0.15) is 5.82 Å². The molecule has 0 aliphatic rings. The third-order valence-electron chi connectivity index (χ3n) is 5.12. The molecule has 0 aliphatic heterocycles. The van der Waals surface area contributed by atoms with Gasteiger partial charge in [-0.15, -0.1) is 0 Å². The lowest BCUT2D eigenvalue weighted by atomic mass is 10.0. The molecule has 2 aromatic carbocycles. The number of carbonyl (C=O) groups is 1. The molecule has 0 fully saturated rings. The van der Waals surface area contributed by atoms with Crippen LogP contribution < -0.4 is 0 Å². The summed E-state index contributed by atoms with van der Waals surface area (Å²) in [5, 5.41) is 0.725. The van der Waals surface area contributed by atoms with Crippen LogP contribution in [0.5, 0.6) is 0 Å². The summed E-state index contributed by atoms with van der Waals surface area (Å²) in [5.41, 5.74) is 3.95. The summed E-state index contributed by atoms with van der Waals surface area (Å²) < 4.78 is 7.40. The van der Waals surface area contributed by atoms with Crippen LogP contribution in [0.4, 0.5) is 0 Å². The van der Waals surface area contributed by atoms with Crippen LogP contribution >= 0.6 is 11.6 Å². The van der Waals surface area contributed by atoms with Gasteiger partial charge in [0.2, 0.25) is 0 Å². The van der Waals surface area contributed by atoms with Crippen LogP contribution in [0, 0.1) is 0 Å². The number of unbranched alkanes of at least 4 members (excludes halogenated alkanes) is 1. The van der Waals surface area contributed by atoms with Crippen molar-refractivity contribution in [3.8, 4) is 0 Å². The van der Waals surface area contributed by atoms with E-state index in [1.54, 1.807) is 6.08 Å². The fourth-order valence-electron chi connectivity index (χ4n) is 3.54. The van der Waals surface area contributed by atoms with Crippen molar-refractivity contribution in [1.29, 1.82) is 0 Å². The van der Waals surface area contributed by atoms with E-state index in [1.165, 1.54) is 0 Å². The molecule has 0 N–H and O–H groups in total. The van der Waals surface area contributed by atoms with Crippen LogP contribution in [-0.4, -0.2) is 22.1 Å². The van der Waals surface area contributed by atoms with Gasteiger partial charge in [-0.25, -0.2) is 9.78 Å². The van der Waals surface area contributed by atoms with Crippen molar-refractivity contribution >= 4 is 23.1 Å². The summed E-state index contributed by atoms with van der Waals surface area (Å²) in [6.45, 7) is 4.93. The monoisotopic (exact) mass is 436 g/mol. The van der Waals surface area contributed by atoms with Crippen molar-refractivity contribution in [3.63, 3.8) is 0 Å². The summed E-state index contributed by atoms with van der Waals surface area (Å²) in [4.78, 5) is 17.1. The maximum atomic E-state index is 12.4. The predicted octanol–water partition coefficient (Wildman–Crippen LogP) is 6.12. The number of benzene rings is 2. The lowest BCUT2D eigenvalue weighted by molar-refractivity contribution is -0.137. The zero-order valence-electron chi connectivity index (χ0n) is 18.2. The highest BCUT2D eigenvalue weighted by molar-refractivity contribution is 6.31. The van der Waals surface area contributed by atoms with Crippen molar-refractivity contribution in [3.05, 3.63) is 94.5 Å². The number of esters is 1. The predicted molar refractivity (Wildman–Crippen MR) is 126 cm³/mol. The van der Waals surface area contributed by atoms with Crippen LogP contribution in [0.2, 0.25) is 5.02 Å². The summed E-state index contributed by atoms with van der Waals surface area (Å²) in [7, 11) is 0. The number of carbonyl (C=O) groups excluding carboxylic acids is 1. The molecule has 0 radical (unpaired) electrons. The Morgan fingerprint density at radius 1 is 1.10 bits per heavy atom. The molecule has 1 aromatic heterocycles. The van der Waals surface area contributed by atoms with Crippen molar-refractivity contribution < 1.29 is 9.53 Å². The molecular formula is C26H29ClN2O2. The molecule has 0 unspecified atom stereocenters. The molecule has 4 nitrogen and oxygen atoms in total. The van der Waals surface area contributed by atoms with Crippen molar-refractivity contribution in [1.82, 2.24) is 9.55 Å². The summed E-state index contributed by atoms with van der Waals surface area (Å²) in [6, 6.07) is 18.0. The first-order chi connectivity index (χ1) is 15.1. The van der Waals surface area contributed by atoms with E-state index in [4.69, 9.17) is 21.3 Å². The third kappa shape index (κ3) is 6.31. The zero-order chi connectivity index (χ0) is 22.1. The number of ether oxygens (including phenoxy) is 1.